The summed E-state index contributed by atoms with van der Waals surface area (Å²) < 4.78 is 0. The van der Waals surface area contributed by atoms with Gasteiger partial charge >= 0.3 is 28.4 Å². The van der Waals surface area contributed by atoms with Gasteiger partial charge in [-0.15, -0.1) is 0 Å². The summed E-state index contributed by atoms with van der Waals surface area (Å²) in [4.78, 5) is 20.5. The molecule has 4 N–H and O–H groups in total. The molecule has 0 unspecified atom stereocenters. The van der Waals surface area contributed by atoms with Crippen LogP contribution in [-0.4, -0.2) is 32.4 Å². The van der Waals surface area contributed by atoms with Crippen LogP contribution in [0.5, 0.6) is 23.0 Å². The maximum atomic E-state index is 10.7. The van der Waals surface area contributed by atoms with Crippen molar-refractivity contribution in [2.45, 2.75) is 0 Å². The van der Waals surface area contributed by atoms with E-state index in [2.05, 4.69) is 0 Å². The molecule has 124 valence electrons. The van der Waals surface area contributed by atoms with E-state index in [0.717, 1.165) is 36.4 Å². The fourth-order valence-electron chi connectivity index (χ4n) is 1.38. The van der Waals surface area contributed by atoms with Gasteiger partial charge in [0, 0.05) is 0 Å². The van der Waals surface area contributed by atoms with Crippen LogP contribution < -0.4 is 10.2 Å². The van der Waals surface area contributed by atoms with Crippen molar-refractivity contribution in [2.24, 2.45) is 0 Å². The number of rotatable bonds is 2. The molecule has 0 saturated carbocycles. The van der Waals surface area contributed by atoms with Gasteiger partial charge in [-0.1, -0.05) is 11.5 Å². The van der Waals surface area contributed by atoms with Gasteiger partial charge in [-0.3, -0.25) is 0 Å². The van der Waals surface area contributed by atoms with Gasteiger partial charge < -0.3 is 30.6 Å². The number of phenols is 2. The predicted octanol–water partition coefficient (Wildman–Crippen LogP) is 0.325. The van der Waals surface area contributed by atoms with Crippen LogP contribution in [0.15, 0.2) is 36.4 Å². The fourth-order valence-corrected chi connectivity index (χ4v) is 1.38. The first kappa shape index (κ1) is 20.1. The Balaban J connectivity index is 0.000000403. The summed E-state index contributed by atoms with van der Waals surface area (Å²) in [6.07, 6.45) is 0. The summed E-state index contributed by atoms with van der Waals surface area (Å²) in [6, 6.07) is 6.18. The minimum Gasteiger partial charge on any atom is -0.872 e. The standard InChI is InChI=1S/2C7H6O4.Ni/c2*8-4-1-2-5(7(10)11)6(9)3-4;/h2*1-3,8-9H,(H,10,11);/q;;+2/p-2. The van der Waals surface area contributed by atoms with Crippen LogP contribution in [0.25, 0.3) is 0 Å². The molecule has 2 aromatic carbocycles. The van der Waals surface area contributed by atoms with Crippen molar-refractivity contribution in [3.63, 3.8) is 0 Å². The number of aromatic carboxylic acids is 2. The molecule has 0 aliphatic carbocycles. The van der Waals surface area contributed by atoms with E-state index in [0.29, 0.717) is 0 Å². The second-order valence-corrected chi connectivity index (χ2v) is 3.97. The number of carboxylic acids is 2. The van der Waals surface area contributed by atoms with Crippen LogP contribution >= 0.6 is 0 Å². The third-order valence-corrected chi connectivity index (χ3v) is 2.39. The van der Waals surface area contributed by atoms with Crippen molar-refractivity contribution in [3.8, 4) is 23.0 Å². The molecule has 0 amide bonds. The van der Waals surface area contributed by atoms with Crippen LogP contribution in [0.4, 0.5) is 0 Å². The van der Waals surface area contributed by atoms with E-state index in [1.165, 1.54) is 0 Å². The molecule has 0 atom stereocenters. The summed E-state index contributed by atoms with van der Waals surface area (Å²) in [5, 5.41) is 55.7. The fraction of sp³-hybridized carbons (Fsp3) is 0. The molecule has 0 aliphatic heterocycles. The first-order valence-electron chi connectivity index (χ1n) is 5.69. The summed E-state index contributed by atoms with van der Waals surface area (Å²) >= 11 is 0. The maximum Gasteiger partial charge on any atom is 2.00 e. The second-order valence-electron chi connectivity index (χ2n) is 3.97. The summed E-state index contributed by atoms with van der Waals surface area (Å²) in [5.74, 6) is -4.37. The van der Waals surface area contributed by atoms with Crippen LogP contribution in [0.1, 0.15) is 20.7 Å². The van der Waals surface area contributed by atoms with E-state index in [4.69, 9.17) is 20.4 Å². The van der Waals surface area contributed by atoms with Crippen molar-refractivity contribution < 1.29 is 56.7 Å². The largest absolute Gasteiger partial charge is 2.00 e. The zero-order valence-electron chi connectivity index (χ0n) is 11.2. The summed E-state index contributed by atoms with van der Waals surface area (Å²) in [6.45, 7) is 0. The summed E-state index contributed by atoms with van der Waals surface area (Å²) in [7, 11) is 0. The molecule has 9 heteroatoms. The van der Waals surface area contributed by atoms with Gasteiger partial charge in [0.05, 0.1) is 11.1 Å². The molecule has 8 nitrogen and oxygen atoms in total. The molecule has 0 heterocycles. The molecule has 2 rings (SSSR count). The van der Waals surface area contributed by atoms with E-state index < -0.39 is 23.4 Å². The molecule has 23 heavy (non-hydrogen) atoms. The minimum absolute atomic E-state index is 0. The quantitative estimate of drug-likeness (QED) is 0.554. The number of hydrogen-bond donors (Lipinski definition) is 4. The Bertz CT molecular complexity index is 652. The van der Waals surface area contributed by atoms with Gasteiger partial charge in [0.2, 0.25) is 0 Å². The van der Waals surface area contributed by atoms with Crippen LogP contribution in [0.2, 0.25) is 0 Å². The van der Waals surface area contributed by atoms with Gasteiger partial charge in [-0.05, 0) is 36.4 Å². The van der Waals surface area contributed by atoms with Gasteiger partial charge in [-0.25, -0.2) is 9.59 Å². The van der Waals surface area contributed by atoms with Gasteiger partial charge in [-0.2, -0.15) is 0 Å². The van der Waals surface area contributed by atoms with Crippen molar-refractivity contribution in [2.75, 3.05) is 0 Å². The third-order valence-electron chi connectivity index (χ3n) is 2.39. The molecule has 2 aromatic rings. The Morgan fingerprint density at radius 2 is 1.04 bits per heavy atom. The van der Waals surface area contributed by atoms with E-state index >= 15 is 0 Å². The summed E-state index contributed by atoms with van der Waals surface area (Å²) in [5.41, 5.74) is -0.661. The SMILES string of the molecule is O=C(O)c1ccc(O)cc1[O-].O=C(O)c1ccc(O)cc1[O-].[Ni+2]. The number of carboxylic acid groups (broad SMARTS) is 2. The van der Waals surface area contributed by atoms with Crippen LogP contribution in [0.3, 0.4) is 0 Å². The first-order chi connectivity index (χ1) is 10.2. The van der Waals surface area contributed by atoms with Crippen LogP contribution in [0, 0.1) is 0 Å². The Labute approximate surface area is 139 Å². The van der Waals surface area contributed by atoms with Crippen molar-refractivity contribution in [3.05, 3.63) is 47.5 Å². The Morgan fingerprint density at radius 1 is 0.739 bits per heavy atom. The molecule has 0 bridgehead atoms. The van der Waals surface area contributed by atoms with Crippen molar-refractivity contribution in [1.29, 1.82) is 0 Å². The Kier molecular flexibility index (Phi) is 7.42. The monoisotopic (exact) mass is 364 g/mol. The molecule has 0 aromatic heterocycles. The number of phenolic OH excluding ortho intramolecular Hbond substituents is 2. The van der Waals surface area contributed by atoms with Gasteiger partial charge in [0.15, 0.2) is 0 Å². The van der Waals surface area contributed by atoms with E-state index in [1.54, 1.807) is 0 Å². The van der Waals surface area contributed by atoms with Crippen molar-refractivity contribution in [1.82, 2.24) is 0 Å². The smallest absolute Gasteiger partial charge is 0.872 e. The molecule has 0 saturated heterocycles. The van der Waals surface area contributed by atoms with E-state index in [1.807, 2.05) is 0 Å². The topological polar surface area (TPSA) is 161 Å². The third kappa shape index (κ3) is 5.76. The molecular formula is C14H10NiO8. The molecule has 0 radical (unpaired) electrons. The predicted molar refractivity (Wildman–Crippen MR) is 69.0 cm³/mol. The average molecular weight is 365 g/mol. The first-order valence-corrected chi connectivity index (χ1v) is 5.69. The van der Waals surface area contributed by atoms with E-state index in [9.17, 15) is 19.8 Å². The van der Waals surface area contributed by atoms with E-state index in [-0.39, 0.29) is 39.1 Å². The van der Waals surface area contributed by atoms with Crippen molar-refractivity contribution >= 4 is 11.9 Å². The number of carbonyl (C=O) groups is 2. The molecule has 0 aliphatic rings. The number of hydrogen-bond acceptors (Lipinski definition) is 6. The molecule has 0 spiro atoms. The second kappa shape index (κ2) is 8.50. The van der Waals surface area contributed by atoms with Gasteiger partial charge in [0.25, 0.3) is 0 Å². The maximum absolute atomic E-state index is 10.7. The Morgan fingerprint density at radius 3 is 1.26 bits per heavy atom. The number of benzene rings is 2. The Hall–Kier alpha value is -2.93. The zero-order valence-corrected chi connectivity index (χ0v) is 12.2. The zero-order chi connectivity index (χ0) is 16.9. The number of aromatic hydroxyl groups is 2. The molecular weight excluding hydrogens is 355 g/mol. The normalized spacial score (nSPS) is 9.04. The van der Waals surface area contributed by atoms with Gasteiger partial charge in [0.1, 0.15) is 11.5 Å². The molecule has 0 fully saturated rings. The average Bonchev–Trinajstić information content (AvgIpc) is 2.38. The van der Waals surface area contributed by atoms with Crippen LogP contribution in [-0.2, 0) is 16.5 Å². The minimum atomic E-state index is -1.28.